The molecule has 152 valence electrons. The summed E-state index contributed by atoms with van der Waals surface area (Å²) < 4.78 is 12.6. The second kappa shape index (κ2) is 10.2. The van der Waals surface area contributed by atoms with Gasteiger partial charge >= 0.3 is 0 Å². The van der Waals surface area contributed by atoms with Gasteiger partial charge in [0.1, 0.15) is 6.10 Å². The first-order valence-electron chi connectivity index (χ1n) is 10.2. The molecule has 0 heterocycles. The molecule has 3 heteroatoms. The fourth-order valence-electron chi connectivity index (χ4n) is 2.57. The minimum Gasteiger partial charge on any atom is -0.416 e. The second-order valence-electron chi connectivity index (χ2n) is 9.06. The van der Waals surface area contributed by atoms with E-state index >= 15 is 0 Å². The minimum atomic E-state index is -1.71. The van der Waals surface area contributed by atoms with E-state index in [-0.39, 0.29) is 11.1 Å². The smallest absolute Gasteiger partial charge is 0.192 e. The Balaban J connectivity index is 2.01. The van der Waals surface area contributed by atoms with Crippen molar-refractivity contribution in [1.82, 2.24) is 0 Å². The van der Waals surface area contributed by atoms with E-state index in [1.165, 1.54) is 11.1 Å². The van der Waals surface area contributed by atoms with Gasteiger partial charge in [-0.2, -0.15) is 0 Å². The highest BCUT2D eigenvalue weighted by molar-refractivity contribution is 6.74. The maximum Gasteiger partial charge on any atom is 0.192 e. The van der Waals surface area contributed by atoms with Gasteiger partial charge in [-0.3, -0.25) is 0 Å². The first-order chi connectivity index (χ1) is 13.2. The lowest BCUT2D eigenvalue weighted by molar-refractivity contribution is 0.0713. The van der Waals surface area contributed by atoms with E-state index in [9.17, 15) is 0 Å². The van der Waals surface area contributed by atoms with Crippen LogP contribution in [-0.4, -0.2) is 14.9 Å². The van der Waals surface area contributed by atoms with Crippen LogP contribution >= 0.6 is 0 Å². The van der Waals surface area contributed by atoms with Crippen LogP contribution in [0, 0.1) is 5.92 Å². The first-order valence-corrected chi connectivity index (χ1v) is 13.1. The van der Waals surface area contributed by atoms with E-state index in [1.54, 1.807) is 0 Å². The van der Waals surface area contributed by atoms with Gasteiger partial charge in [0.15, 0.2) is 8.32 Å². The molecule has 0 fully saturated rings. The van der Waals surface area contributed by atoms with Crippen LogP contribution in [0.4, 0.5) is 0 Å². The molecule has 2 aromatic rings. The zero-order valence-corrected chi connectivity index (χ0v) is 19.3. The quantitative estimate of drug-likeness (QED) is 0.331. The summed E-state index contributed by atoms with van der Waals surface area (Å²) in [4.78, 5) is 0. The lowest BCUT2D eigenvalue weighted by Gasteiger charge is -2.36. The Hall–Kier alpha value is -1.68. The van der Waals surface area contributed by atoms with Crippen LogP contribution in [0.25, 0.3) is 0 Å². The van der Waals surface area contributed by atoms with Crippen molar-refractivity contribution in [3.05, 3.63) is 83.9 Å². The predicted octanol–water partition coefficient (Wildman–Crippen LogP) is 7.16. The average Bonchev–Trinajstić information content (AvgIpc) is 2.67. The summed E-state index contributed by atoms with van der Waals surface area (Å²) in [5, 5.41) is 0.238. The predicted molar refractivity (Wildman–Crippen MR) is 122 cm³/mol. The molecule has 0 saturated heterocycles. The highest BCUT2D eigenvalue weighted by Gasteiger charge is 2.37. The molecule has 0 bridgehead atoms. The Kier molecular flexibility index (Phi) is 8.23. The molecule has 0 unspecified atom stereocenters. The van der Waals surface area contributed by atoms with E-state index in [0.29, 0.717) is 12.5 Å². The molecule has 0 aliphatic rings. The summed E-state index contributed by atoms with van der Waals surface area (Å²) in [5.74, 6) is 0.348. The highest BCUT2D eigenvalue weighted by Crippen LogP contribution is 2.36. The number of rotatable bonds is 9. The Bertz CT molecular complexity index is 717. The molecule has 0 radical (unpaired) electrons. The summed E-state index contributed by atoms with van der Waals surface area (Å²) >= 11 is 0. The monoisotopic (exact) mass is 396 g/mol. The first kappa shape index (κ1) is 22.6. The lowest BCUT2D eigenvalue weighted by atomic mass is 10.1. The van der Waals surface area contributed by atoms with Crippen molar-refractivity contribution in [2.45, 2.75) is 58.5 Å². The van der Waals surface area contributed by atoms with Gasteiger partial charge in [-0.1, -0.05) is 101 Å². The number of hydrogen-bond acceptors (Lipinski definition) is 2. The van der Waals surface area contributed by atoms with Crippen molar-refractivity contribution in [1.29, 1.82) is 0 Å². The zero-order chi connectivity index (χ0) is 20.6. The number of hydrogen-bond donors (Lipinski definition) is 0. The summed E-state index contributed by atoms with van der Waals surface area (Å²) in [6, 6.07) is 20.7. The molecule has 0 saturated carbocycles. The van der Waals surface area contributed by atoms with E-state index in [0.717, 1.165) is 6.61 Å². The summed E-state index contributed by atoms with van der Waals surface area (Å²) in [6.45, 7) is 15.0. The second-order valence-corrected chi connectivity index (χ2v) is 13.9. The van der Waals surface area contributed by atoms with Crippen LogP contribution < -0.4 is 0 Å². The van der Waals surface area contributed by atoms with Gasteiger partial charge in [-0.05, 0) is 35.2 Å². The van der Waals surface area contributed by atoms with Gasteiger partial charge in [-0.25, -0.2) is 0 Å². The van der Waals surface area contributed by atoms with Gasteiger partial charge in [0.05, 0.1) is 6.61 Å². The van der Waals surface area contributed by atoms with E-state index in [1.807, 2.05) is 24.3 Å². The van der Waals surface area contributed by atoms with Gasteiger partial charge in [-0.15, -0.1) is 0 Å². The van der Waals surface area contributed by atoms with Gasteiger partial charge in [0.2, 0.25) is 0 Å². The Morgan fingerprint density at radius 2 is 1.46 bits per heavy atom. The largest absolute Gasteiger partial charge is 0.416 e. The zero-order valence-electron chi connectivity index (χ0n) is 18.3. The molecule has 2 rings (SSSR count). The Labute approximate surface area is 172 Å². The SMILES string of the molecule is C[C@H](/C=C/[C@@H](OCc1ccccc1)c1ccccc1)CO[Si](C)(C)C(C)(C)C. The molecular weight excluding hydrogens is 360 g/mol. The minimum absolute atomic E-state index is 0.0586. The van der Waals surface area contributed by atoms with Gasteiger partial charge in [0.25, 0.3) is 0 Å². The van der Waals surface area contributed by atoms with Crippen LogP contribution in [-0.2, 0) is 15.8 Å². The maximum atomic E-state index is 6.37. The molecule has 2 atom stereocenters. The topological polar surface area (TPSA) is 18.5 Å². The summed E-state index contributed by atoms with van der Waals surface area (Å²) in [6.07, 6.45) is 4.35. The van der Waals surface area contributed by atoms with Crippen molar-refractivity contribution in [2.24, 2.45) is 5.92 Å². The van der Waals surface area contributed by atoms with Crippen LogP contribution in [0.1, 0.15) is 44.9 Å². The van der Waals surface area contributed by atoms with E-state index < -0.39 is 8.32 Å². The molecular formula is C25H36O2Si. The molecule has 28 heavy (non-hydrogen) atoms. The summed E-state index contributed by atoms with van der Waals surface area (Å²) in [7, 11) is -1.71. The fourth-order valence-corrected chi connectivity index (χ4v) is 3.68. The number of benzene rings is 2. The Morgan fingerprint density at radius 3 is 2.04 bits per heavy atom. The van der Waals surface area contributed by atoms with Crippen molar-refractivity contribution in [2.75, 3.05) is 6.61 Å². The lowest BCUT2D eigenvalue weighted by Crippen LogP contribution is -2.41. The van der Waals surface area contributed by atoms with Crippen LogP contribution in [0.3, 0.4) is 0 Å². The van der Waals surface area contributed by atoms with E-state index in [2.05, 4.69) is 89.3 Å². The molecule has 2 aromatic carbocycles. The normalized spacial score (nSPS) is 14.9. The summed E-state index contributed by atoms with van der Waals surface area (Å²) in [5.41, 5.74) is 2.36. The van der Waals surface area contributed by atoms with Crippen molar-refractivity contribution < 1.29 is 9.16 Å². The third-order valence-corrected chi connectivity index (χ3v) is 10.0. The molecule has 0 N–H and O–H groups in total. The van der Waals surface area contributed by atoms with Crippen molar-refractivity contribution >= 4 is 8.32 Å². The maximum absolute atomic E-state index is 6.37. The molecule has 0 aliphatic carbocycles. The third kappa shape index (κ3) is 7.05. The molecule has 2 nitrogen and oxygen atoms in total. The molecule has 0 amide bonds. The standard InChI is InChI=1S/C25H36O2Si/c1-21(19-27-28(5,6)25(2,3)4)17-18-24(23-15-11-8-12-16-23)26-20-22-13-9-7-10-14-22/h7-18,21,24H,19-20H2,1-6H3/b18-17+/t21-,24-/m1/s1. The molecule has 0 aliphatic heterocycles. The van der Waals surface area contributed by atoms with Crippen molar-refractivity contribution in [3.8, 4) is 0 Å². The fraction of sp³-hybridized carbons (Fsp3) is 0.440. The average molecular weight is 397 g/mol. The molecule has 0 spiro atoms. The van der Waals surface area contributed by atoms with Crippen molar-refractivity contribution in [3.63, 3.8) is 0 Å². The highest BCUT2D eigenvalue weighted by atomic mass is 28.4. The van der Waals surface area contributed by atoms with Crippen LogP contribution in [0.2, 0.25) is 18.1 Å². The number of ether oxygens (including phenoxy) is 1. The van der Waals surface area contributed by atoms with Crippen LogP contribution in [0.15, 0.2) is 72.8 Å². The van der Waals surface area contributed by atoms with E-state index in [4.69, 9.17) is 9.16 Å². The Morgan fingerprint density at radius 1 is 0.893 bits per heavy atom. The van der Waals surface area contributed by atoms with Gasteiger partial charge < -0.3 is 9.16 Å². The molecule has 0 aromatic heterocycles. The van der Waals surface area contributed by atoms with Crippen LogP contribution in [0.5, 0.6) is 0 Å². The third-order valence-electron chi connectivity index (χ3n) is 5.53. The van der Waals surface area contributed by atoms with Gasteiger partial charge in [0, 0.05) is 6.61 Å².